The summed E-state index contributed by atoms with van der Waals surface area (Å²) in [6.07, 6.45) is -0.0695. The lowest BCUT2D eigenvalue weighted by Crippen LogP contribution is -2.37. The Balaban J connectivity index is 1.63. The zero-order valence-corrected chi connectivity index (χ0v) is 16.8. The van der Waals surface area contributed by atoms with E-state index in [1.165, 1.54) is 0 Å². The lowest BCUT2D eigenvalue weighted by molar-refractivity contribution is -0.128. The lowest BCUT2D eigenvalue weighted by Gasteiger charge is -2.18. The van der Waals surface area contributed by atoms with Crippen LogP contribution in [0.1, 0.15) is 30.4 Å². The maximum atomic E-state index is 12.5. The second-order valence-electron chi connectivity index (χ2n) is 6.42. The summed E-state index contributed by atoms with van der Waals surface area (Å²) >= 11 is 6.15. The van der Waals surface area contributed by atoms with Crippen LogP contribution in [0.15, 0.2) is 47.0 Å². The third-order valence-electron chi connectivity index (χ3n) is 4.48. The molecule has 1 atom stereocenters. The second-order valence-corrected chi connectivity index (χ2v) is 6.83. The number of nitrogens with one attached hydrogen (secondary N) is 1. The van der Waals surface area contributed by atoms with Crippen LogP contribution in [0.3, 0.4) is 0 Å². The zero-order chi connectivity index (χ0) is 20.1. The topological polar surface area (TPSA) is 77.2 Å². The summed E-state index contributed by atoms with van der Waals surface area (Å²) in [5.74, 6) is 1.15. The predicted octanol–water partition coefficient (Wildman–Crippen LogP) is 4.48. The fourth-order valence-corrected chi connectivity index (χ4v) is 2.90. The first kappa shape index (κ1) is 19.9. The van der Waals surface area contributed by atoms with Crippen molar-refractivity contribution < 1.29 is 14.1 Å². The fourth-order valence-electron chi connectivity index (χ4n) is 2.68. The quantitative estimate of drug-likeness (QED) is 0.633. The van der Waals surface area contributed by atoms with E-state index >= 15 is 0 Å². The molecule has 0 radical (unpaired) electrons. The van der Waals surface area contributed by atoms with Crippen molar-refractivity contribution in [3.05, 3.63) is 64.5 Å². The van der Waals surface area contributed by atoms with E-state index in [0.29, 0.717) is 34.5 Å². The molecular formula is C21H22ClN3O3. The number of hydrogen-bond donors (Lipinski definition) is 1. The average Bonchev–Trinajstić information content (AvgIpc) is 3.16. The molecule has 0 spiro atoms. The van der Waals surface area contributed by atoms with Crippen LogP contribution < -0.4 is 10.1 Å². The third kappa shape index (κ3) is 4.51. The molecule has 0 aliphatic heterocycles. The summed E-state index contributed by atoms with van der Waals surface area (Å²) in [4.78, 5) is 16.8. The predicted molar refractivity (Wildman–Crippen MR) is 107 cm³/mol. The number of aryl methyl sites for hydroxylation is 1. The van der Waals surface area contributed by atoms with E-state index in [1.807, 2.05) is 51.1 Å². The Morgan fingerprint density at radius 1 is 1.21 bits per heavy atom. The summed E-state index contributed by atoms with van der Waals surface area (Å²) in [6.45, 7) is 6.00. The fraction of sp³-hybridized carbons (Fsp3) is 0.286. The van der Waals surface area contributed by atoms with Gasteiger partial charge in [-0.3, -0.25) is 4.79 Å². The van der Waals surface area contributed by atoms with E-state index in [9.17, 15) is 4.79 Å². The molecule has 0 aliphatic carbocycles. The van der Waals surface area contributed by atoms with Gasteiger partial charge in [-0.25, -0.2) is 0 Å². The lowest BCUT2D eigenvalue weighted by atomic mass is 10.1. The van der Waals surface area contributed by atoms with E-state index in [2.05, 4.69) is 15.5 Å². The minimum atomic E-state index is -0.605. The molecule has 146 valence electrons. The van der Waals surface area contributed by atoms with Gasteiger partial charge in [0.25, 0.3) is 5.91 Å². The largest absolute Gasteiger partial charge is 0.480 e. The number of hydrogen-bond acceptors (Lipinski definition) is 5. The minimum absolute atomic E-state index is 0.114. The van der Waals surface area contributed by atoms with Gasteiger partial charge in [-0.15, -0.1) is 0 Å². The Hall–Kier alpha value is -2.86. The van der Waals surface area contributed by atoms with Crippen LogP contribution in [-0.2, 0) is 11.3 Å². The first-order valence-corrected chi connectivity index (χ1v) is 9.45. The molecule has 3 rings (SSSR count). The van der Waals surface area contributed by atoms with Gasteiger partial charge in [-0.1, -0.05) is 47.9 Å². The molecule has 1 N–H and O–H groups in total. The van der Waals surface area contributed by atoms with Crippen LogP contribution in [0.25, 0.3) is 11.4 Å². The highest BCUT2D eigenvalue weighted by Gasteiger charge is 2.20. The van der Waals surface area contributed by atoms with Crippen LogP contribution in [0.4, 0.5) is 0 Å². The summed E-state index contributed by atoms with van der Waals surface area (Å²) in [7, 11) is 0. The molecular weight excluding hydrogens is 378 g/mol. The highest BCUT2D eigenvalue weighted by atomic mass is 35.5. The maximum absolute atomic E-state index is 12.5. The van der Waals surface area contributed by atoms with Gasteiger partial charge >= 0.3 is 0 Å². The molecule has 7 heteroatoms. The Morgan fingerprint density at radius 3 is 2.75 bits per heavy atom. The number of amides is 1. The van der Waals surface area contributed by atoms with Crippen LogP contribution >= 0.6 is 11.6 Å². The van der Waals surface area contributed by atoms with Crippen molar-refractivity contribution in [1.82, 2.24) is 15.5 Å². The van der Waals surface area contributed by atoms with E-state index in [-0.39, 0.29) is 12.5 Å². The molecule has 1 heterocycles. The van der Waals surface area contributed by atoms with Crippen LogP contribution in [0.2, 0.25) is 5.02 Å². The SMILES string of the molecule is CC[C@H](Oc1cccc(C)c1C)C(=O)NCc1nc(-c2ccccc2Cl)no1. The summed E-state index contributed by atoms with van der Waals surface area (Å²) in [5, 5.41) is 7.25. The summed E-state index contributed by atoms with van der Waals surface area (Å²) in [6, 6.07) is 13.0. The molecule has 0 bridgehead atoms. The number of nitrogens with zero attached hydrogens (tertiary/aromatic N) is 2. The van der Waals surface area contributed by atoms with E-state index < -0.39 is 6.10 Å². The number of benzene rings is 2. The van der Waals surface area contributed by atoms with Gasteiger partial charge in [-0.2, -0.15) is 4.98 Å². The molecule has 1 aromatic heterocycles. The first-order chi connectivity index (χ1) is 13.5. The minimum Gasteiger partial charge on any atom is -0.480 e. The average molecular weight is 400 g/mol. The normalized spacial score (nSPS) is 11.9. The molecule has 2 aromatic carbocycles. The van der Waals surface area contributed by atoms with E-state index in [4.69, 9.17) is 20.9 Å². The number of carbonyl (C=O) groups is 1. The Morgan fingerprint density at radius 2 is 2.00 bits per heavy atom. The first-order valence-electron chi connectivity index (χ1n) is 9.07. The number of aromatic nitrogens is 2. The van der Waals surface area contributed by atoms with Crippen LogP contribution in [-0.4, -0.2) is 22.2 Å². The van der Waals surface area contributed by atoms with Crippen LogP contribution in [0, 0.1) is 13.8 Å². The number of ether oxygens (including phenoxy) is 1. The van der Waals surface area contributed by atoms with Crippen LogP contribution in [0.5, 0.6) is 5.75 Å². The van der Waals surface area contributed by atoms with Crippen molar-refractivity contribution in [1.29, 1.82) is 0 Å². The molecule has 0 unspecified atom stereocenters. The molecule has 0 aliphatic rings. The smallest absolute Gasteiger partial charge is 0.261 e. The van der Waals surface area contributed by atoms with Crippen molar-refractivity contribution in [3.63, 3.8) is 0 Å². The number of rotatable bonds is 7. The zero-order valence-electron chi connectivity index (χ0n) is 16.0. The molecule has 0 saturated carbocycles. The Labute approximate surface area is 168 Å². The van der Waals surface area contributed by atoms with Crippen molar-refractivity contribution >= 4 is 17.5 Å². The van der Waals surface area contributed by atoms with Crippen molar-refractivity contribution in [3.8, 4) is 17.1 Å². The highest BCUT2D eigenvalue weighted by Crippen LogP contribution is 2.25. The Kier molecular flexibility index (Phi) is 6.31. The maximum Gasteiger partial charge on any atom is 0.261 e. The monoisotopic (exact) mass is 399 g/mol. The van der Waals surface area contributed by atoms with Crippen molar-refractivity contribution in [2.75, 3.05) is 0 Å². The van der Waals surface area contributed by atoms with Crippen molar-refractivity contribution in [2.24, 2.45) is 0 Å². The molecule has 0 saturated heterocycles. The van der Waals surface area contributed by atoms with Crippen molar-refractivity contribution in [2.45, 2.75) is 39.8 Å². The number of halogens is 1. The summed E-state index contributed by atoms with van der Waals surface area (Å²) in [5.41, 5.74) is 2.82. The van der Waals surface area contributed by atoms with Gasteiger partial charge in [0.1, 0.15) is 5.75 Å². The molecule has 6 nitrogen and oxygen atoms in total. The molecule has 0 fully saturated rings. The second kappa shape index (κ2) is 8.89. The van der Waals surface area contributed by atoms with Gasteiger partial charge in [0, 0.05) is 5.56 Å². The van der Waals surface area contributed by atoms with Gasteiger partial charge in [0.15, 0.2) is 6.10 Å². The molecule has 3 aromatic rings. The van der Waals surface area contributed by atoms with Gasteiger partial charge < -0.3 is 14.6 Å². The summed E-state index contributed by atoms with van der Waals surface area (Å²) < 4.78 is 11.1. The Bertz CT molecular complexity index is 971. The van der Waals surface area contributed by atoms with E-state index in [1.54, 1.807) is 12.1 Å². The highest BCUT2D eigenvalue weighted by molar-refractivity contribution is 6.33. The third-order valence-corrected chi connectivity index (χ3v) is 4.81. The number of carbonyl (C=O) groups excluding carboxylic acids is 1. The standard InChI is InChI=1S/C21H22ClN3O3/c1-4-17(27-18-11-7-8-13(2)14(18)3)21(26)23-12-19-24-20(25-28-19)15-9-5-6-10-16(15)22/h5-11,17H,4,12H2,1-3H3,(H,23,26)/t17-/m0/s1. The molecule has 28 heavy (non-hydrogen) atoms. The van der Waals surface area contributed by atoms with Gasteiger partial charge in [0.05, 0.1) is 11.6 Å². The van der Waals surface area contributed by atoms with E-state index in [0.717, 1.165) is 11.1 Å². The van der Waals surface area contributed by atoms with Gasteiger partial charge in [0.2, 0.25) is 11.7 Å². The van der Waals surface area contributed by atoms with Gasteiger partial charge in [-0.05, 0) is 49.6 Å². The molecule has 1 amide bonds.